The second kappa shape index (κ2) is 8.33. The molecule has 1 aromatic carbocycles. The first-order chi connectivity index (χ1) is 8.13. The number of carbonyl (C=O) groups excluding carboxylic acids is 2. The van der Waals surface area contributed by atoms with Crippen LogP contribution >= 0.6 is 0 Å². The van der Waals surface area contributed by atoms with Gasteiger partial charge in [-0.2, -0.15) is 6.42 Å². The largest absolute Gasteiger partial charge is 0.574 e. The van der Waals surface area contributed by atoms with Crippen molar-refractivity contribution < 1.29 is 47.4 Å². The summed E-state index contributed by atoms with van der Waals surface area (Å²) >= 11 is 0. The number of aliphatic hydroxyl groups excluding tert-OH is 1. The van der Waals surface area contributed by atoms with Crippen molar-refractivity contribution in [3.63, 3.8) is 0 Å². The van der Waals surface area contributed by atoms with Gasteiger partial charge in [0.25, 0.3) is 0 Å². The zero-order valence-electron chi connectivity index (χ0n) is 10.3. The molecular weight excluding hydrogens is 305 g/mol. The molecule has 1 rings (SSSR count). The number of aliphatic hydroxyl groups is 1. The summed E-state index contributed by atoms with van der Waals surface area (Å²) < 4.78 is 0. The van der Waals surface area contributed by atoms with E-state index in [0.717, 1.165) is 12.0 Å². The Morgan fingerprint density at radius 3 is 2.56 bits per heavy atom. The van der Waals surface area contributed by atoms with Crippen molar-refractivity contribution in [1.82, 2.24) is 0 Å². The van der Waals surface area contributed by atoms with E-state index in [4.69, 9.17) is 5.11 Å². The molecule has 1 aromatic rings. The molecule has 18 heavy (non-hydrogen) atoms. The van der Waals surface area contributed by atoms with Crippen LogP contribution in [0.25, 0.3) is 0 Å². The molecule has 3 nitrogen and oxygen atoms in total. The van der Waals surface area contributed by atoms with E-state index >= 15 is 0 Å². The number of ketones is 2. The van der Waals surface area contributed by atoms with Crippen molar-refractivity contribution in [3.8, 4) is 0 Å². The van der Waals surface area contributed by atoms with Crippen LogP contribution in [-0.2, 0) is 43.9 Å². The van der Waals surface area contributed by atoms with Gasteiger partial charge in [0.2, 0.25) is 0 Å². The van der Waals surface area contributed by atoms with Crippen molar-refractivity contribution in [3.05, 3.63) is 54.2 Å². The molecule has 4 heteroatoms. The Hall–Kier alpha value is -0.796. The van der Waals surface area contributed by atoms with Gasteiger partial charge in [-0.1, -0.05) is 36.8 Å². The van der Waals surface area contributed by atoms with E-state index in [1.54, 1.807) is 24.5 Å². The zero-order valence-corrected chi connectivity index (χ0v) is 13.1. The molecule has 1 N–H and O–H groups in total. The first kappa shape index (κ1) is 17.2. The maximum Gasteiger partial charge on any atom is 0.0847 e. The van der Waals surface area contributed by atoms with E-state index < -0.39 is 11.6 Å². The Kier molecular flexibility index (Phi) is 7.96. The Morgan fingerprint density at radius 1 is 1.39 bits per heavy atom. The predicted octanol–water partition coefficient (Wildman–Crippen LogP) is 2.47. The fourth-order valence-corrected chi connectivity index (χ4v) is 1.44. The van der Waals surface area contributed by atoms with Crippen LogP contribution in [0.2, 0.25) is 0 Å². The molecule has 0 fully saturated rings. The van der Waals surface area contributed by atoms with Crippen LogP contribution in [-0.4, -0.2) is 16.7 Å². The van der Waals surface area contributed by atoms with Gasteiger partial charge in [0, 0.05) is 44.8 Å². The van der Waals surface area contributed by atoms with Crippen LogP contribution in [0.15, 0.2) is 29.8 Å². The first-order valence-corrected chi connectivity index (χ1v) is 5.37. The molecule has 0 saturated carbocycles. The average molecular weight is 319 g/mol. The van der Waals surface area contributed by atoms with E-state index in [9.17, 15) is 9.59 Å². The molecule has 0 atom stereocenters. The summed E-state index contributed by atoms with van der Waals surface area (Å²) in [6, 6.07) is 6.95. The van der Waals surface area contributed by atoms with E-state index in [0.29, 0.717) is 5.56 Å². The molecule has 93 valence electrons. The third-order valence-electron chi connectivity index (χ3n) is 2.44. The molecule has 0 aliphatic carbocycles. The SMILES string of the molecule is [CH2-]CC(=O)C(=[C-]O)C(=O)c1cccc(CC)c1.[Y]. The van der Waals surface area contributed by atoms with Crippen LogP contribution in [0.4, 0.5) is 0 Å². The molecule has 0 aromatic heterocycles. The molecule has 0 spiro atoms. The van der Waals surface area contributed by atoms with Crippen molar-refractivity contribution in [1.29, 1.82) is 0 Å². The summed E-state index contributed by atoms with van der Waals surface area (Å²) in [5.74, 6) is -1.03. The number of rotatable bonds is 5. The smallest absolute Gasteiger partial charge is 0.0847 e. The van der Waals surface area contributed by atoms with Gasteiger partial charge < -0.3 is 21.6 Å². The second-order valence-electron chi connectivity index (χ2n) is 3.54. The summed E-state index contributed by atoms with van der Waals surface area (Å²) in [6.07, 6.45) is 2.38. The minimum atomic E-state index is -0.517. The van der Waals surface area contributed by atoms with Gasteiger partial charge in [-0.05, 0) is 17.5 Å². The van der Waals surface area contributed by atoms with E-state index in [-0.39, 0.29) is 44.7 Å². The van der Waals surface area contributed by atoms with Crippen molar-refractivity contribution >= 4 is 11.6 Å². The Labute approximate surface area is 132 Å². The number of hydrogen-bond donors (Lipinski definition) is 1. The third-order valence-corrected chi connectivity index (χ3v) is 2.44. The molecule has 1 radical (unpaired) electrons. The van der Waals surface area contributed by atoms with Gasteiger partial charge >= 0.3 is 0 Å². The number of benzene rings is 1. The summed E-state index contributed by atoms with van der Waals surface area (Å²) in [5, 5.41) is 8.83. The fraction of sp³-hybridized carbons (Fsp3) is 0.214. The minimum absolute atomic E-state index is 0. The molecule has 0 heterocycles. The van der Waals surface area contributed by atoms with Crippen LogP contribution in [0.3, 0.4) is 0 Å². The average Bonchev–Trinajstić information content (AvgIpc) is 2.39. The van der Waals surface area contributed by atoms with Crippen LogP contribution in [0.1, 0.15) is 29.3 Å². The summed E-state index contributed by atoms with van der Waals surface area (Å²) in [7, 11) is 0. The number of hydrogen-bond acceptors (Lipinski definition) is 3. The van der Waals surface area contributed by atoms with Gasteiger partial charge in [-0.3, -0.25) is 0 Å². The number of aryl methyl sites for hydroxylation is 1. The minimum Gasteiger partial charge on any atom is -0.574 e. The zero-order chi connectivity index (χ0) is 12.8. The molecular formula is C14H14O3Y-2. The first-order valence-electron chi connectivity index (χ1n) is 5.37. The van der Waals surface area contributed by atoms with E-state index in [1.165, 1.54) is 0 Å². The number of allylic oxidation sites excluding steroid dienone is 1. The summed E-state index contributed by atoms with van der Waals surface area (Å²) in [6.45, 7) is 5.36. The van der Waals surface area contributed by atoms with Gasteiger partial charge in [0.15, 0.2) is 0 Å². The normalized spacial score (nSPS) is 10.7. The van der Waals surface area contributed by atoms with Gasteiger partial charge in [-0.15, -0.1) is 0 Å². The van der Waals surface area contributed by atoms with Crippen molar-refractivity contribution in [2.24, 2.45) is 0 Å². The number of Topliss-reactive ketones (excluding diaryl/α,β-unsaturated/α-hetero) is 2. The van der Waals surface area contributed by atoms with Crippen molar-refractivity contribution in [2.45, 2.75) is 19.8 Å². The standard InChI is InChI=1S/C14H14O3.Y/c1-3-10-6-5-7-11(8-10)14(17)12(9-15)13(16)4-2;/h5-8,15H,2-4H2,1H3;/q-2;. The van der Waals surface area contributed by atoms with E-state index in [1.807, 2.05) is 13.0 Å². The molecule has 0 aliphatic heterocycles. The van der Waals surface area contributed by atoms with Gasteiger partial charge in [0.1, 0.15) is 0 Å². The summed E-state index contributed by atoms with van der Waals surface area (Å²) in [4.78, 5) is 23.3. The third kappa shape index (κ3) is 4.14. The predicted molar refractivity (Wildman–Crippen MR) is 64.5 cm³/mol. The Bertz CT molecular complexity index is 464. The van der Waals surface area contributed by atoms with E-state index in [2.05, 4.69) is 6.92 Å². The molecule has 0 unspecified atom stereocenters. The Morgan fingerprint density at radius 2 is 2.06 bits per heavy atom. The maximum absolute atomic E-state index is 11.9. The second-order valence-corrected chi connectivity index (χ2v) is 3.54. The summed E-state index contributed by atoms with van der Waals surface area (Å²) in [5.41, 5.74) is 1.03. The quantitative estimate of drug-likeness (QED) is 0.226. The Balaban J connectivity index is 0.00000289. The van der Waals surface area contributed by atoms with Gasteiger partial charge in [0.05, 0.1) is 5.78 Å². The molecule has 0 bridgehead atoms. The monoisotopic (exact) mass is 319 g/mol. The topological polar surface area (TPSA) is 54.4 Å². The van der Waals surface area contributed by atoms with Crippen LogP contribution in [0.5, 0.6) is 0 Å². The fourth-order valence-electron chi connectivity index (χ4n) is 1.44. The number of carbonyl (C=O) groups is 2. The maximum atomic E-state index is 11.9. The molecule has 0 saturated heterocycles. The molecule has 0 aliphatic rings. The van der Waals surface area contributed by atoms with Crippen LogP contribution in [0, 0.1) is 13.2 Å². The van der Waals surface area contributed by atoms with Crippen LogP contribution < -0.4 is 0 Å². The molecule has 0 amide bonds. The van der Waals surface area contributed by atoms with Gasteiger partial charge in [-0.25, -0.2) is 0 Å². The van der Waals surface area contributed by atoms with Crippen molar-refractivity contribution in [2.75, 3.05) is 0 Å².